The van der Waals surface area contributed by atoms with Crippen LogP contribution >= 0.6 is 39.1 Å². The van der Waals surface area contributed by atoms with E-state index >= 15 is 0 Å². The predicted molar refractivity (Wildman–Crippen MR) is 62.3 cm³/mol. The number of aromatic nitrogens is 2. The van der Waals surface area contributed by atoms with Gasteiger partial charge in [-0.2, -0.15) is 13.2 Å². The first-order valence-corrected chi connectivity index (χ1v) is 5.73. The zero-order chi connectivity index (χ0) is 12.8. The maximum Gasteiger partial charge on any atom is 0.418 e. The molecule has 0 saturated heterocycles. The van der Waals surface area contributed by atoms with Gasteiger partial charge in [-0.15, -0.1) is 0 Å². The molecule has 0 bridgehead atoms. The fourth-order valence-corrected chi connectivity index (χ4v) is 2.01. The van der Waals surface area contributed by atoms with Crippen molar-refractivity contribution in [3.8, 4) is 0 Å². The minimum Gasteiger partial charge on any atom is -0.231 e. The lowest BCUT2D eigenvalue weighted by Crippen LogP contribution is -2.07. The lowest BCUT2D eigenvalue weighted by atomic mass is 10.1. The van der Waals surface area contributed by atoms with Gasteiger partial charge in [0, 0.05) is 4.47 Å². The summed E-state index contributed by atoms with van der Waals surface area (Å²) in [7, 11) is 0. The normalized spacial score (nSPS) is 12.1. The number of nitrogens with zero attached hydrogens (tertiary/aromatic N) is 2. The number of benzene rings is 1. The minimum atomic E-state index is -4.53. The van der Waals surface area contributed by atoms with Crippen molar-refractivity contribution in [2.45, 2.75) is 6.18 Å². The van der Waals surface area contributed by atoms with Gasteiger partial charge < -0.3 is 0 Å². The zero-order valence-corrected chi connectivity index (χ0v) is 10.9. The fraction of sp³-hybridized carbons (Fsp3) is 0.111. The second-order valence-corrected chi connectivity index (χ2v) is 4.76. The standard InChI is InChI=1S/C9H2BrCl2F3N2/c10-3-1-4(9(13,14)15)6-5(2-3)16-7(11)8(12)17-6/h1-2H. The Bertz CT molecular complexity index is 601. The number of hydrogen-bond acceptors (Lipinski definition) is 2. The summed E-state index contributed by atoms with van der Waals surface area (Å²) >= 11 is 14.1. The first kappa shape index (κ1) is 12.9. The van der Waals surface area contributed by atoms with Gasteiger partial charge in [-0.1, -0.05) is 39.1 Å². The molecule has 1 aromatic carbocycles. The number of fused-ring (bicyclic) bond motifs is 1. The van der Waals surface area contributed by atoms with Crippen LogP contribution in [0, 0.1) is 0 Å². The van der Waals surface area contributed by atoms with Crippen LogP contribution in [-0.4, -0.2) is 9.97 Å². The third-order valence-corrected chi connectivity index (χ3v) is 3.04. The van der Waals surface area contributed by atoms with Gasteiger partial charge in [0.2, 0.25) is 0 Å². The number of halogens is 6. The third-order valence-electron chi connectivity index (χ3n) is 1.96. The van der Waals surface area contributed by atoms with Crippen LogP contribution in [0.5, 0.6) is 0 Å². The Morgan fingerprint density at radius 2 is 1.65 bits per heavy atom. The average molecular weight is 346 g/mol. The largest absolute Gasteiger partial charge is 0.418 e. The van der Waals surface area contributed by atoms with Gasteiger partial charge in [-0.3, -0.25) is 0 Å². The van der Waals surface area contributed by atoms with Gasteiger partial charge in [0.25, 0.3) is 0 Å². The molecule has 2 aromatic rings. The van der Waals surface area contributed by atoms with Gasteiger partial charge >= 0.3 is 6.18 Å². The quantitative estimate of drug-likeness (QED) is 0.690. The van der Waals surface area contributed by atoms with E-state index in [1.165, 1.54) is 6.07 Å². The van der Waals surface area contributed by atoms with Crippen LogP contribution in [0.25, 0.3) is 11.0 Å². The van der Waals surface area contributed by atoms with Crippen molar-refractivity contribution in [2.75, 3.05) is 0 Å². The average Bonchev–Trinajstić information content (AvgIpc) is 2.18. The number of alkyl halides is 3. The lowest BCUT2D eigenvalue weighted by Gasteiger charge is -2.10. The van der Waals surface area contributed by atoms with Gasteiger partial charge in [-0.05, 0) is 12.1 Å². The predicted octanol–water partition coefficient (Wildman–Crippen LogP) is 4.72. The molecule has 2 rings (SSSR count). The fourth-order valence-electron chi connectivity index (χ4n) is 1.30. The highest BCUT2D eigenvalue weighted by Gasteiger charge is 2.34. The highest BCUT2D eigenvalue weighted by atomic mass is 79.9. The highest BCUT2D eigenvalue weighted by molar-refractivity contribution is 9.10. The molecule has 0 unspecified atom stereocenters. The molecule has 1 heterocycles. The smallest absolute Gasteiger partial charge is 0.231 e. The molecule has 0 aliphatic rings. The Morgan fingerprint density at radius 3 is 2.24 bits per heavy atom. The zero-order valence-electron chi connectivity index (χ0n) is 7.82. The summed E-state index contributed by atoms with van der Waals surface area (Å²) in [5.41, 5.74) is -1.20. The Morgan fingerprint density at radius 1 is 1.06 bits per heavy atom. The van der Waals surface area contributed by atoms with E-state index in [4.69, 9.17) is 23.2 Å². The molecular weight excluding hydrogens is 344 g/mol. The molecule has 0 amide bonds. The molecule has 90 valence electrons. The molecule has 8 heteroatoms. The van der Waals surface area contributed by atoms with Gasteiger partial charge in [0.05, 0.1) is 11.1 Å². The van der Waals surface area contributed by atoms with E-state index in [-0.39, 0.29) is 25.8 Å². The van der Waals surface area contributed by atoms with Crippen LogP contribution in [-0.2, 0) is 6.18 Å². The summed E-state index contributed by atoms with van der Waals surface area (Å²) in [5.74, 6) is 0. The Kier molecular flexibility index (Phi) is 3.22. The molecular formula is C9H2BrCl2F3N2. The number of rotatable bonds is 0. The van der Waals surface area contributed by atoms with E-state index in [9.17, 15) is 13.2 Å². The molecule has 2 nitrogen and oxygen atoms in total. The molecule has 0 N–H and O–H groups in total. The van der Waals surface area contributed by atoms with Crippen LogP contribution < -0.4 is 0 Å². The Balaban J connectivity index is 2.88. The maximum atomic E-state index is 12.8. The first-order valence-electron chi connectivity index (χ1n) is 4.18. The van der Waals surface area contributed by atoms with Crippen LogP contribution in [0.4, 0.5) is 13.2 Å². The van der Waals surface area contributed by atoms with E-state index in [1.807, 2.05) is 0 Å². The molecule has 0 aliphatic heterocycles. The molecule has 0 aliphatic carbocycles. The van der Waals surface area contributed by atoms with E-state index in [0.29, 0.717) is 0 Å². The topological polar surface area (TPSA) is 25.8 Å². The second-order valence-electron chi connectivity index (χ2n) is 3.12. The van der Waals surface area contributed by atoms with Gasteiger partial charge in [0.1, 0.15) is 5.52 Å². The van der Waals surface area contributed by atoms with E-state index in [0.717, 1.165) is 6.07 Å². The summed E-state index contributed by atoms with van der Waals surface area (Å²) in [5, 5.41) is -0.391. The van der Waals surface area contributed by atoms with Gasteiger partial charge in [-0.25, -0.2) is 9.97 Å². The van der Waals surface area contributed by atoms with Crippen LogP contribution in [0.1, 0.15) is 5.56 Å². The van der Waals surface area contributed by atoms with Crippen molar-refractivity contribution < 1.29 is 13.2 Å². The molecule has 0 atom stereocenters. The molecule has 0 spiro atoms. The van der Waals surface area contributed by atoms with E-state index in [2.05, 4.69) is 25.9 Å². The molecule has 1 aromatic heterocycles. The van der Waals surface area contributed by atoms with Crippen molar-refractivity contribution in [1.29, 1.82) is 0 Å². The minimum absolute atomic E-state index is 0.0288. The first-order chi connectivity index (χ1) is 7.79. The summed E-state index contributed by atoms with van der Waals surface area (Å²) in [6, 6.07) is 2.31. The van der Waals surface area contributed by atoms with Gasteiger partial charge in [0.15, 0.2) is 10.3 Å². The van der Waals surface area contributed by atoms with Crippen LogP contribution in [0.15, 0.2) is 16.6 Å². The molecule has 0 saturated carbocycles. The van der Waals surface area contributed by atoms with Crippen molar-refractivity contribution in [2.24, 2.45) is 0 Å². The van der Waals surface area contributed by atoms with Crippen LogP contribution in [0.2, 0.25) is 10.3 Å². The molecule has 0 radical (unpaired) electrons. The van der Waals surface area contributed by atoms with Crippen molar-refractivity contribution in [3.05, 3.63) is 32.5 Å². The monoisotopic (exact) mass is 344 g/mol. The van der Waals surface area contributed by atoms with E-state index in [1.54, 1.807) is 0 Å². The number of hydrogen-bond donors (Lipinski definition) is 0. The SMILES string of the molecule is FC(F)(F)c1cc(Br)cc2nc(Cl)c(Cl)nc12. The maximum absolute atomic E-state index is 12.8. The summed E-state index contributed by atoms with van der Waals surface area (Å²) in [4.78, 5) is 7.36. The van der Waals surface area contributed by atoms with Crippen molar-refractivity contribution in [3.63, 3.8) is 0 Å². The third kappa shape index (κ3) is 2.48. The summed E-state index contributed by atoms with van der Waals surface area (Å²) in [6.07, 6.45) is -4.53. The second kappa shape index (κ2) is 4.26. The Labute approximate surface area is 112 Å². The Hall–Kier alpha value is -0.590. The molecule has 0 fully saturated rings. The van der Waals surface area contributed by atoms with Crippen molar-refractivity contribution >= 4 is 50.2 Å². The molecule has 17 heavy (non-hydrogen) atoms. The van der Waals surface area contributed by atoms with Crippen LogP contribution in [0.3, 0.4) is 0 Å². The highest BCUT2D eigenvalue weighted by Crippen LogP contribution is 2.36. The summed E-state index contributed by atoms with van der Waals surface area (Å²) in [6.45, 7) is 0. The summed E-state index contributed by atoms with van der Waals surface area (Å²) < 4.78 is 38.5. The lowest BCUT2D eigenvalue weighted by molar-refractivity contribution is -0.136. The van der Waals surface area contributed by atoms with E-state index < -0.39 is 11.7 Å². The van der Waals surface area contributed by atoms with Crippen molar-refractivity contribution in [1.82, 2.24) is 9.97 Å².